The fourth-order valence-electron chi connectivity index (χ4n) is 11.5. The first-order valence-corrected chi connectivity index (χ1v) is 26.4. The van der Waals surface area contributed by atoms with Gasteiger partial charge in [-0.15, -0.1) is 0 Å². The van der Waals surface area contributed by atoms with Crippen LogP contribution in [0.2, 0.25) is 0 Å². The molecule has 0 aliphatic rings. The summed E-state index contributed by atoms with van der Waals surface area (Å²) >= 11 is 0. The first-order valence-electron chi connectivity index (χ1n) is 26.4. The topological polar surface area (TPSA) is 89.9 Å². The van der Waals surface area contributed by atoms with Gasteiger partial charge in [-0.2, -0.15) is 29.0 Å². The number of nitriles is 3. The predicted octanol–water partition coefficient (Wildman–Crippen LogP) is 19.9. The summed E-state index contributed by atoms with van der Waals surface area (Å²) in [4.78, 5) is 7.22. The maximum Gasteiger partial charge on any atom is 0.416 e. The van der Waals surface area contributed by atoms with Crippen LogP contribution in [0.4, 0.5) is 24.5 Å². The summed E-state index contributed by atoms with van der Waals surface area (Å²) in [5, 5.41) is 33.6. The number of hydrogen-bond donors (Lipinski definition) is 0. The van der Waals surface area contributed by atoms with Gasteiger partial charge in [0, 0.05) is 32.7 Å². The van der Waals surface area contributed by atoms with Crippen LogP contribution in [0.1, 0.15) is 27.8 Å². The van der Waals surface area contributed by atoms with Crippen LogP contribution in [0.3, 0.4) is 0 Å². The molecule has 2 aromatic heterocycles. The van der Waals surface area contributed by atoms with Crippen molar-refractivity contribution in [3.8, 4) is 96.3 Å². The van der Waals surface area contributed by atoms with Crippen LogP contribution in [-0.4, -0.2) is 9.13 Å². The van der Waals surface area contributed by atoms with Crippen molar-refractivity contribution >= 4 is 55.0 Å². The molecule has 13 aromatic rings. The first-order chi connectivity index (χ1) is 40.4. The van der Waals surface area contributed by atoms with Crippen LogP contribution in [0.25, 0.3) is 131 Å². The smallest absolute Gasteiger partial charge is 0.309 e. The quantitative estimate of drug-likeness (QED) is 0.142. The van der Waals surface area contributed by atoms with E-state index in [4.69, 9.17) is 13.1 Å². The van der Waals surface area contributed by atoms with Gasteiger partial charge in [-0.1, -0.05) is 121 Å². The summed E-state index contributed by atoms with van der Waals surface area (Å²) in [6.07, 6.45) is -4.59. The molecule has 0 aliphatic carbocycles. The number of fused-ring (bicyclic) bond motifs is 6. The van der Waals surface area contributed by atoms with Gasteiger partial charge in [0.1, 0.15) is 0 Å². The van der Waals surface area contributed by atoms with E-state index in [0.717, 1.165) is 105 Å². The van der Waals surface area contributed by atoms with Gasteiger partial charge in [0.15, 0.2) is 11.4 Å². The average molecular weight is 1070 g/mol. The number of nitrogens with zero attached hydrogens (tertiary/aromatic N) is 7. The first kappa shape index (κ1) is 50.7. The van der Waals surface area contributed by atoms with Crippen molar-refractivity contribution in [2.75, 3.05) is 0 Å². The summed E-state index contributed by atoms with van der Waals surface area (Å²) in [6, 6.07) is 77.1. The van der Waals surface area contributed by atoms with Gasteiger partial charge in [0.2, 0.25) is 0 Å². The van der Waals surface area contributed by atoms with Crippen LogP contribution in [0.15, 0.2) is 224 Å². The van der Waals surface area contributed by atoms with E-state index in [9.17, 15) is 29.0 Å². The monoisotopic (exact) mass is 1070 g/mol. The molecule has 0 spiro atoms. The lowest BCUT2D eigenvalue weighted by molar-refractivity contribution is -0.137. The molecule has 11 aromatic carbocycles. The Bertz CT molecular complexity index is 4820. The Morgan fingerprint density at radius 1 is 0.349 bits per heavy atom. The molecule has 0 saturated carbocycles. The Hall–Kier alpha value is -11.7. The van der Waals surface area contributed by atoms with Crippen LogP contribution in [0, 0.1) is 54.1 Å². The number of rotatable bonds is 8. The van der Waals surface area contributed by atoms with E-state index in [1.165, 1.54) is 6.07 Å². The van der Waals surface area contributed by atoms with Crippen LogP contribution < -0.4 is 0 Å². The van der Waals surface area contributed by atoms with E-state index in [-0.39, 0.29) is 0 Å². The molecule has 0 atom stereocenters. The lowest BCUT2D eigenvalue weighted by Crippen LogP contribution is -2.05. The molecule has 0 N–H and O–H groups in total. The zero-order valence-electron chi connectivity index (χ0n) is 44.1. The van der Waals surface area contributed by atoms with Gasteiger partial charge < -0.3 is 9.13 Å². The molecule has 2 heterocycles. The minimum atomic E-state index is -4.59. The Kier molecular flexibility index (Phi) is 12.3. The number of alkyl halides is 3. The van der Waals surface area contributed by atoms with Gasteiger partial charge in [0.25, 0.3) is 0 Å². The number of aromatic nitrogens is 2. The van der Waals surface area contributed by atoms with Crippen LogP contribution in [-0.2, 0) is 6.18 Å². The molecule has 0 saturated heterocycles. The molecule has 83 heavy (non-hydrogen) atoms. The summed E-state index contributed by atoms with van der Waals surface area (Å²) in [7, 11) is 0. The average Bonchev–Trinajstić information content (AvgIpc) is 3.32. The van der Waals surface area contributed by atoms with Crippen molar-refractivity contribution in [1.82, 2.24) is 9.13 Å². The van der Waals surface area contributed by atoms with Crippen molar-refractivity contribution < 1.29 is 13.2 Å². The van der Waals surface area contributed by atoms with E-state index in [1.807, 2.05) is 103 Å². The van der Waals surface area contributed by atoms with Crippen molar-refractivity contribution in [2.24, 2.45) is 0 Å². The third kappa shape index (κ3) is 9.04. The Labute approximate surface area is 475 Å². The molecule has 10 heteroatoms. The maximum atomic E-state index is 14.6. The van der Waals surface area contributed by atoms with Crippen molar-refractivity contribution in [3.63, 3.8) is 0 Å². The van der Waals surface area contributed by atoms with Crippen molar-refractivity contribution in [2.45, 2.75) is 13.1 Å². The zero-order chi connectivity index (χ0) is 57.1. The largest absolute Gasteiger partial charge is 0.416 e. The Balaban J connectivity index is 1.11. The third-order valence-corrected chi connectivity index (χ3v) is 15.5. The summed E-state index contributed by atoms with van der Waals surface area (Å²) < 4.78 is 48.3. The SMILES string of the molecule is [C-]#[N+]c1ccc(-c2ccc3c(c2)c2cc(-c4ccc([N+]#[C-])cc4)ccc2n3-c2cc(-c3cc(C)cc(C(F)(F)F)c3)ccc2-c2ccc(C#N)cc2-n2c3ccc(-c4ccc(C#N)cc4)cc3c3cc(-c4ccc(C#N)cc4)ccc32)cc1. The molecule has 388 valence electrons. The number of halogens is 3. The highest BCUT2D eigenvalue weighted by atomic mass is 19.4. The van der Waals surface area contributed by atoms with Gasteiger partial charge in [-0.05, 0) is 171 Å². The lowest BCUT2D eigenvalue weighted by atomic mass is 9.94. The van der Waals surface area contributed by atoms with E-state index in [2.05, 4.69) is 85.6 Å². The molecule has 13 rings (SSSR count). The number of benzene rings is 11. The molecular formula is C73H40F3N7. The lowest BCUT2D eigenvalue weighted by Gasteiger charge is -2.20. The van der Waals surface area contributed by atoms with Gasteiger partial charge in [0.05, 0.1) is 87.0 Å². The number of aryl methyl sites for hydroxylation is 1. The molecule has 0 aliphatic heterocycles. The van der Waals surface area contributed by atoms with E-state index in [1.54, 1.807) is 67.6 Å². The van der Waals surface area contributed by atoms with Crippen LogP contribution >= 0.6 is 0 Å². The summed E-state index contributed by atoms with van der Waals surface area (Å²) in [6.45, 7) is 16.8. The highest BCUT2D eigenvalue weighted by Crippen LogP contribution is 2.46. The Morgan fingerprint density at radius 3 is 1.05 bits per heavy atom. The molecular weight excluding hydrogens is 1030 g/mol. The zero-order valence-corrected chi connectivity index (χ0v) is 44.1. The predicted molar refractivity (Wildman–Crippen MR) is 324 cm³/mol. The summed E-state index contributed by atoms with van der Waals surface area (Å²) in [5.41, 5.74) is 16.7. The van der Waals surface area contributed by atoms with Gasteiger partial charge in [-0.3, -0.25) is 0 Å². The third-order valence-electron chi connectivity index (χ3n) is 15.5. The standard InChI is InChI=1S/C73H40F3N7/c1-44-32-57(35-58(33-44)73(74,75)76)56-17-27-62(72(40-56)83-69-30-20-54(50-13-22-59(80-2)23-14-50)38-65(69)66-39-55(21-31-70(66)83)51-15-24-60(81-3)25-16-51)61-26-8-47(43-79)34-71(61)82-67-28-18-52(48-9-4-45(41-77)5-10-48)36-63(67)64-37-53(19-29-68(64)82)49-11-6-46(42-78)7-12-49/h4-40H,1H3. The number of hydrogen-bond acceptors (Lipinski definition) is 3. The fraction of sp³-hybridized carbons (Fsp3) is 0.0274. The van der Waals surface area contributed by atoms with Crippen molar-refractivity contribution in [3.05, 3.63) is 275 Å². The van der Waals surface area contributed by atoms with E-state index >= 15 is 0 Å². The minimum Gasteiger partial charge on any atom is -0.309 e. The minimum absolute atomic E-state index is 0.389. The molecule has 0 unspecified atom stereocenters. The normalized spacial score (nSPS) is 11.3. The second kappa shape index (κ2) is 20.2. The van der Waals surface area contributed by atoms with E-state index < -0.39 is 11.7 Å². The summed E-state index contributed by atoms with van der Waals surface area (Å²) in [5.74, 6) is 0. The maximum absolute atomic E-state index is 14.6. The highest BCUT2D eigenvalue weighted by Gasteiger charge is 2.31. The van der Waals surface area contributed by atoms with Gasteiger partial charge in [-0.25, -0.2) is 9.69 Å². The van der Waals surface area contributed by atoms with Crippen molar-refractivity contribution in [1.29, 1.82) is 15.8 Å². The molecule has 7 nitrogen and oxygen atoms in total. The van der Waals surface area contributed by atoms with E-state index in [0.29, 0.717) is 56.1 Å². The highest BCUT2D eigenvalue weighted by molar-refractivity contribution is 6.14. The fourth-order valence-corrected chi connectivity index (χ4v) is 11.5. The molecule has 0 fully saturated rings. The second-order valence-electron chi connectivity index (χ2n) is 20.5. The van der Waals surface area contributed by atoms with Crippen LogP contribution in [0.5, 0.6) is 0 Å². The second-order valence-corrected chi connectivity index (χ2v) is 20.5. The Morgan fingerprint density at radius 2 is 0.675 bits per heavy atom. The molecule has 0 bridgehead atoms. The molecule has 0 radical (unpaired) electrons. The van der Waals surface area contributed by atoms with Gasteiger partial charge >= 0.3 is 6.18 Å². The molecule has 0 amide bonds.